The molecule has 0 bridgehead atoms. The van der Waals surface area contributed by atoms with Gasteiger partial charge in [0, 0.05) is 19.7 Å². The predicted molar refractivity (Wildman–Crippen MR) is 81.1 cm³/mol. The Morgan fingerprint density at radius 1 is 1.29 bits per heavy atom. The summed E-state index contributed by atoms with van der Waals surface area (Å²) in [5, 5.41) is 3.10. The molecule has 0 aliphatic rings. The van der Waals surface area contributed by atoms with Crippen molar-refractivity contribution in [2.24, 2.45) is 0 Å². The zero-order valence-corrected chi connectivity index (χ0v) is 13.3. The molecule has 21 heavy (non-hydrogen) atoms. The van der Waals surface area contributed by atoms with Crippen LogP contribution in [0.3, 0.4) is 0 Å². The van der Waals surface area contributed by atoms with Crippen LogP contribution in [-0.2, 0) is 11.3 Å². The molecule has 0 spiro atoms. The lowest BCUT2D eigenvalue weighted by molar-refractivity contribution is 0.177. The summed E-state index contributed by atoms with van der Waals surface area (Å²) in [6.07, 6.45) is 0. The number of ether oxygens (including phenoxy) is 2. The number of hydrogen-bond donors (Lipinski definition) is 1. The highest BCUT2D eigenvalue weighted by molar-refractivity contribution is 9.10. The topological polar surface area (TPSA) is 56.3 Å². The zero-order chi connectivity index (χ0) is 15.2. The van der Waals surface area contributed by atoms with Crippen LogP contribution in [0.2, 0.25) is 0 Å². The molecule has 0 fully saturated rings. The quantitative estimate of drug-likeness (QED) is 0.854. The molecule has 0 saturated carbocycles. The summed E-state index contributed by atoms with van der Waals surface area (Å²) in [7, 11) is 1.57. The van der Waals surface area contributed by atoms with Gasteiger partial charge in [-0.25, -0.2) is 9.37 Å². The van der Waals surface area contributed by atoms with Gasteiger partial charge in [0.1, 0.15) is 24.0 Å². The molecule has 7 heteroatoms. The molecule has 1 aromatic carbocycles. The first-order valence-corrected chi connectivity index (χ1v) is 7.15. The molecule has 2 aromatic rings. The summed E-state index contributed by atoms with van der Waals surface area (Å²) in [4.78, 5) is 8.54. The molecule has 0 atom stereocenters. The van der Waals surface area contributed by atoms with E-state index in [9.17, 15) is 4.39 Å². The average Bonchev–Trinajstić information content (AvgIpc) is 2.42. The Morgan fingerprint density at radius 2 is 2.10 bits per heavy atom. The fraction of sp³-hybridized carbons (Fsp3) is 0.286. The molecule has 1 aromatic heterocycles. The van der Waals surface area contributed by atoms with E-state index < -0.39 is 0 Å². The predicted octanol–water partition coefficient (Wildman–Crippen LogP) is 3.75. The van der Waals surface area contributed by atoms with Gasteiger partial charge < -0.3 is 14.8 Å². The molecule has 0 unspecified atom stereocenters. The number of rotatable bonds is 6. The van der Waals surface area contributed by atoms with Gasteiger partial charge >= 0.3 is 0 Å². The Kier molecular flexibility index (Phi) is 5.46. The third-order valence-electron chi connectivity index (χ3n) is 2.49. The van der Waals surface area contributed by atoms with Gasteiger partial charge in [0.15, 0.2) is 5.82 Å². The minimum absolute atomic E-state index is 0.278. The van der Waals surface area contributed by atoms with Gasteiger partial charge in [0.05, 0.1) is 4.47 Å². The first-order valence-electron chi connectivity index (χ1n) is 6.36. The lowest BCUT2D eigenvalue weighted by atomic mass is 10.3. The maximum Gasteiger partial charge on any atom is 0.224 e. The summed E-state index contributed by atoms with van der Waals surface area (Å²) >= 11 is 3.25. The number of nitrogens with one attached hydrogen (secondary N) is 1. The smallest absolute Gasteiger partial charge is 0.224 e. The number of halogens is 2. The Bertz CT molecular complexity index is 601. The first kappa shape index (κ1) is 15.7. The van der Waals surface area contributed by atoms with E-state index in [4.69, 9.17) is 9.47 Å². The molecule has 0 radical (unpaired) electrons. The number of anilines is 1. The van der Waals surface area contributed by atoms with Crippen molar-refractivity contribution in [1.29, 1.82) is 0 Å². The standard InChI is InChI=1S/C14H15BrFN3O2/c1-3-17-12-7-14(19-13(18-12)8-20-2)21-11-5-4-9(16)6-10(11)15/h4-7H,3,8H2,1-2H3,(H,17,18,19). The lowest BCUT2D eigenvalue weighted by Gasteiger charge is -2.10. The number of aromatic nitrogens is 2. The minimum atomic E-state index is -0.342. The van der Waals surface area contributed by atoms with E-state index in [1.807, 2.05) is 6.92 Å². The Labute approximate surface area is 130 Å². The van der Waals surface area contributed by atoms with Crippen molar-refractivity contribution in [3.8, 4) is 11.6 Å². The highest BCUT2D eigenvalue weighted by Crippen LogP contribution is 2.30. The molecule has 112 valence electrons. The Hall–Kier alpha value is -1.73. The normalized spacial score (nSPS) is 10.5. The summed E-state index contributed by atoms with van der Waals surface area (Å²) in [6, 6.07) is 5.86. The van der Waals surface area contributed by atoms with E-state index in [-0.39, 0.29) is 12.4 Å². The van der Waals surface area contributed by atoms with Crippen LogP contribution in [0, 0.1) is 5.82 Å². The van der Waals surface area contributed by atoms with Gasteiger partial charge in [0.25, 0.3) is 0 Å². The van der Waals surface area contributed by atoms with Crippen molar-refractivity contribution in [1.82, 2.24) is 9.97 Å². The third kappa shape index (κ3) is 4.37. The van der Waals surface area contributed by atoms with Crippen LogP contribution in [0.25, 0.3) is 0 Å². The number of methoxy groups -OCH3 is 1. The average molecular weight is 356 g/mol. The molecule has 1 N–H and O–H groups in total. The Balaban J connectivity index is 2.29. The molecule has 0 saturated heterocycles. The van der Waals surface area contributed by atoms with Crippen LogP contribution < -0.4 is 10.1 Å². The molecule has 0 aliphatic heterocycles. The van der Waals surface area contributed by atoms with E-state index in [1.165, 1.54) is 18.2 Å². The van der Waals surface area contributed by atoms with Crippen molar-refractivity contribution in [2.45, 2.75) is 13.5 Å². The van der Waals surface area contributed by atoms with E-state index in [1.54, 1.807) is 13.2 Å². The van der Waals surface area contributed by atoms with Crippen LogP contribution in [0.1, 0.15) is 12.7 Å². The number of nitrogens with zero attached hydrogens (tertiary/aromatic N) is 2. The largest absolute Gasteiger partial charge is 0.438 e. The summed E-state index contributed by atoms with van der Waals surface area (Å²) in [5.74, 6) is 1.64. The maximum absolute atomic E-state index is 13.1. The molecule has 5 nitrogen and oxygen atoms in total. The fourth-order valence-electron chi connectivity index (χ4n) is 1.66. The molecule has 0 aliphatic carbocycles. The van der Waals surface area contributed by atoms with Crippen LogP contribution in [-0.4, -0.2) is 23.6 Å². The van der Waals surface area contributed by atoms with Gasteiger partial charge in [-0.2, -0.15) is 4.98 Å². The highest BCUT2D eigenvalue weighted by atomic mass is 79.9. The Morgan fingerprint density at radius 3 is 2.76 bits per heavy atom. The maximum atomic E-state index is 13.1. The van der Waals surface area contributed by atoms with E-state index in [0.717, 1.165) is 6.54 Å². The van der Waals surface area contributed by atoms with Crippen LogP contribution >= 0.6 is 15.9 Å². The van der Waals surface area contributed by atoms with Gasteiger partial charge in [-0.15, -0.1) is 0 Å². The second kappa shape index (κ2) is 7.33. The third-order valence-corrected chi connectivity index (χ3v) is 3.11. The van der Waals surface area contributed by atoms with Crippen molar-refractivity contribution in [2.75, 3.05) is 19.0 Å². The second-order valence-corrected chi connectivity index (χ2v) is 5.00. The van der Waals surface area contributed by atoms with Crippen molar-refractivity contribution in [3.05, 3.63) is 40.4 Å². The zero-order valence-electron chi connectivity index (χ0n) is 11.7. The van der Waals surface area contributed by atoms with Crippen molar-refractivity contribution >= 4 is 21.7 Å². The molecule has 1 heterocycles. The molecular weight excluding hydrogens is 341 g/mol. The summed E-state index contributed by atoms with van der Waals surface area (Å²) < 4.78 is 24.3. The molecular formula is C14H15BrFN3O2. The monoisotopic (exact) mass is 355 g/mol. The number of hydrogen-bond acceptors (Lipinski definition) is 5. The SMILES string of the molecule is CCNc1cc(Oc2ccc(F)cc2Br)nc(COC)n1. The second-order valence-electron chi connectivity index (χ2n) is 4.15. The molecule has 2 rings (SSSR count). The van der Waals surface area contributed by atoms with Gasteiger partial charge in [-0.1, -0.05) is 0 Å². The van der Waals surface area contributed by atoms with E-state index in [2.05, 4.69) is 31.2 Å². The summed E-state index contributed by atoms with van der Waals surface area (Å²) in [5.41, 5.74) is 0. The van der Waals surface area contributed by atoms with Crippen LogP contribution in [0.5, 0.6) is 11.6 Å². The molecule has 0 amide bonds. The van der Waals surface area contributed by atoms with Crippen LogP contribution in [0.4, 0.5) is 10.2 Å². The van der Waals surface area contributed by atoms with E-state index in [0.29, 0.717) is 27.7 Å². The minimum Gasteiger partial charge on any atom is -0.438 e. The number of benzene rings is 1. The first-order chi connectivity index (χ1) is 10.1. The van der Waals surface area contributed by atoms with Gasteiger partial charge in [-0.3, -0.25) is 0 Å². The van der Waals surface area contributed by atoms with Gasteiger partial charge in [0.2, 0.25) is 5.88 Å². The van der Waals surface area contributed by atoms with Crippen molar-refractivity contribution < 1.29 is 13.9 Å². The van der Waals surface area contributed by atoms with E-state index >= 15 is 0 Å². The summed E-state index contributed by atoms with van der Waals surface area (Å²) in [6.45, 7) is 2.97. The van der Waals surface area contributed by atoms with Crippen LogP contribution in [0.15, 0.2) is 28.7 Å². The van der Waals surface area contributed by atoms with Gasteiger partial charge in [-0.05, 0) is 41.1 Å². The fourth-order valence-corrected chi connectivity index (χ4v) is 2.09. The lowest BCUT2D eigenvalue weighted by Crippen LogP contribution is -2.05. The van der Waals surface area contributed by atoms with Crippen molar-refractivity contribution in [3.63, 3.8) is 0 Å². The highest BCUT2D eigenvalue weighted by Gasteiger charge is 2.09.